The fraction of sp³-hybridized carbons (Fsp3) is 0.812. The molecular formula is C16H28N2O. The van der Waals surface area contributed by atoms with Crippen LogP contribution in [0.4, 0.5) is 0 Å². The van der Waals surface area contributed by atoms with Gasteiger partial charge in [0.1, 0.15) is 0 Å². The van der Waals surface area contributed by atoms with Crippen LogP contribution in [0.15, 0.2) is 11.6 Å². The second kappa shape index (κ2) is 7.09. The number of rotatable bonds is 5. The van der Waals surface area contributed by atoms with Gasteiger partial charge < -0.3 is 10.6 Å². The Morgan fingerprint density at radius 3 is 2.84 bits per heavy atom. The summed E-state index contributed by atoms with van der Waals surface area (Å²) in [5, 5.41) is 0. The summed E-state index contributed by atoms with van der Waals surface area (Å²) >= 11 is 0. The summed E-state index contributed by atoms with van der Waals surface area (Å²) in [5.74, 6) is 0.838. The summed E-state index contributed by atoms with van der Waals surface area (Å²) in [7, 11) is 0. The second-order valence-corrected chi connectivity index (χ2v) is 5.96. The standard InChI is InChI=1S/C16H28N2O/c1-2-18(15-10-6-9-14(15)12-17)16(19)11-13-7-4-3-5-8-13/h7,14-15H,2-6,8-12,17H2,1H3. The molecule has 0 saturated heterocycles. The van der Waals surface area contributed by atoms with Gasteiger partial charge in [-0.05, 0) is 57.9 Å². The van der Waals surface area contributed by atoms with Crippen molar-refractivity contribution in [2.45, 2.75) is 64.3 Å². The van der Waals surface area contributed by atoms with Gasteiger partial charge in [-0.1, -0.05) is 18.1 Å². The zero-order valence-corrected chi connectivity index (χ0v) is 12.2. The molecule has 2 unspecified atom stereocenters. The van der Waals surface area contributed by atoms with Gasteiger partial charge in [0.2, 0.25) is 5.91 Å². The highest BCUT2D eigenvalue weighted by Crippen LogP contribution is 2.30. The zero-order chi connectivity index (χ0) is 13.7. The van der Waals surface area contributed by atoms with Crippen molar-refractivity contribution in [1.82, 2.24) is 4.90 Å². The van der Waals surface area contributed by atoms with E-state index >= 15 is 0 Å². The van der Waals surface area contributed by atoms with Crippen molar-refractivity contribution in [3.8, 4) is 0 Å². The van der Waals surface area contributed by atoms with Crippen LogP contribution in [0.2, 0.25) is 0 Å². The number of nitrogens with two attached hydrogens (primary N) is 1. The third-order valence-corrected chi connectivity index (χ3v) is 4.75. The number of carbonyl (C=O) groups is 1. The SMILES string of the molecule is CCN(C(=O)CC1=CCCCC1)C1CCCC1CN. The van der Waals surface area contributed by atoms with Crippen molar-refractivity contribution in [3.63, 3.8) is 0 Å². The lowest BCUT2D eigenvalue weighted by Gasteiger charge is -2.32. The van der Waals surface area contributed by atoms with Crippen LogP contribution in [0, 0.1) is 5.92 Å². The van der Waals surface area contributed by atoms with Crippen molar-refractivity contribution in [3.05, 3.63) is 11.6 Å². The van der Waals surface area contributed by atoms with Crippen molar-refractivity contribution < 1.29 is 4.79 Å². The van der Waals surface area contributed by atoms with E-state index in [0.29, 0.717) is 24.3 Å². The van der Waals surface area contributed by atoms with Gasteiger partial charge in [0.15, 0.2) is 0 Å². The van der Waals surface area contributed by atoms with Gasteiger partial charge in [-0.2, -0.15) is 0 Å². The lowest BCUT2D eigenvalue weighted by molar-refractivity contribution is -0.133. The zero-order valence-electron chi connectivity index (χ0n) is 12.2. The molecule has 2 rings (SSSR count). The van der Waals surface area contributed by atoms with E-state index in [2.05, 4.69) is 17.9 Å². The molecule has 0 radical (unpaired) electrons. The predicted molar refractivity (Wildman–Crippen MR) is 78.7 cm³/mol. The monoisotopic (exact) mass is 264 g/mol. The second-order valence-electron chi connectivity index (χ2n) is 5.96. The average molecular weight is 264 g/mol. The van der Waals surface area contributed by atoms with E-state index in [9.17, 15) is 4.79 Å². The average Bonchev–Trinajstić information content (AvgIpc) is 2.89. The molecule has 0 aliphatic heterocycles. The predicted octanol–water partition coefficient (Wildman–Crippen LogP) is 2.85. The van der Waals surface area contributed by atoms with E-state index in [0.717, 1.165) is 32.4 Å². The lowest BCUT2D eigenvalue weighted by atomic mass is 9.95. The maximum atomic E-state index is 12.5. The molecule has 1 fully saturated rings. The van der Waals surface area contributed by atoms with Gasteiger partial charge in [-0.3, -0.25) is 4.79 Å². The number of carbonyl (C=O) groups excluding carboxylic acids is 1. The van der Waals surface area contributed by atoms with E-state index in [1.807, 2.05) is 0 Å². The van der Waals surface area contributed by atoms with E-state index in [4.69, 9.17) is 5.73 Å². The summed E-state index contributed by atoms with van der Waals surface area (Å²) in [5.41, 5.74) is 7.21. The van der Waals surface area contributed by atoms with Crippen LogP contribution in [0.3, 0.4) is 0 Å². The van der Waals surface area contributed by atoms with Gasteiger partial charge in [0, 0.05) is 19.0 Å². The van der Waals surface area contributed by atoms with E-state index in [1.54, 1.807) is 0 Å². The highest BCUT2D eigenvalue weighted by molar-refractivity contribution is 5.79. The Labute approximate surface area is 117 Å². The number of allylic oxidation sites excluding steroid dienone is 1. The normalized spacial score (nSPS) is 27.2. The van der Waals surface area contributed by atoms with Crippen LogP contribution in [0.25, 0.3) is 0 Å². The van der Waals surface area contributed by atoms with Crippen LogP contribution in [0.5, 0.6) is 0 Å². The highest BCUT2D eigenvalue weighted by atomic mass is 16.2. The smallest absolute Gasteiger partial charge is 0.226 e. The molecule has 2 atom stereocenters. The third kappa shape index (κ3) is 3.59. The molecule has 2 aliphatic carbocycles. The number of nitrogens with zero attached hydrogens (tertiary/aromatic N) is 1. The Bertz CT molecular complexity index is 338. The molecule has 1 amide bonds. The molecule has 0 aromatic rings. The highest BCUT2D eigenvalue weighted by Gasteiger charge is 2.33. The molecule has 3 nitrogen and oxygen atoms in total. The van der Waals surface area contributed by atoms with Crippen molar-refractivity contribution in [2.24, 2.45) is 11.7 Å². The first-order chi connectivity index (χ1) is 9.26. The molecule has 108 valence electrons. The van der Waals surface area contributed by atoms with Crippen LogP contribution < -0.4 is 5.73 Å². The Hall–Kier alpha value is -0.830. The molecule has 0 aromatic heterocycles. The Morgan fingerprint density at radius 1 is 1.37 bits per heavy atom. The molecule has 1 saturated carbocycles. The number of hydrogen-bond donors (Lipinski definition) is 1. The molecule has 2 aliphatic rings. The van der Waals surface area contributed by atoms with Gasteiger partial charge in [0.05, 0.1) is 0 Å². The lowest BCUT2D eigenvalue weighted by Crippen LogP contribution is -2.44. The first kappa shape index (κ1) is 14.6. The Balaban J connectivity index is 1.96. The Kier molecular flexibility index (Phi) is 5.44. The van der Waals surface area contributed by atoms with Gasteiger partial charge >= 0.3 is 0 Å². The number of amides is 1. The quantitative estimate of drug-likeness (QED) is 0.776. The molecule has 0 bridgehead atoms. The van der Waals surface area contributed by atoms with Gasteiger partial charge in [-0.25, -0.2) is 0 Å². The van der Waals surface area contributed by atoms with E-state index in [-0.39, 0.29) is 0 Å². The number of hydrogen-bond acceptors (Lipinski definition) is 2. The molecule has 0 spiro atoms. The first-order valence-corrected chi connectivity index (χ1v) is 7.93. The van der Waals surface area contributed by atoms with Crippen LogP contribution >= 0.6 is 0 Å². The van der Waals surface area contributed by atoms with Gasteiger partial charge in [0.25, 0.3) is 0 Å². The molecule has 2 N–H and O–H groups in total. The largest absolute Gasteiger partial charge is 0.339 e. The van der Waals surface area contributed by atoms with Crippen LogP contribution in [0.1, 0.15) is 58.3 Å². The fourth-order valence-corrected chi connectivity index (χ4v) is 3.66. The van der Waals surface area contributed by atoms with Crippen molar-refractivity contribution >= 4 is 5.91 Å². The Morgan fingerprint density at radius 2 is 2.21 bits per heavy atom. The molecule has 0 aromatic carbocycles. The maximum Gasteiger partial charge on any atom is 0.226 e. The molecule has 0 heterocycles. The summed E-state index contributed by atoms with van der Waals surface area (Å²) in [6.45, 7) is 3.64. The molecular weight excluding hydrogens is 236 g/mol. The summed E-state index contributed by atoms with van der Waals surface area (Å²) in [6, 6.07) is 0.395. The first-order valence-electron chi connectivity index (χ1n) is 7.93. The van der Waals surface area contributed by atoms with Crippen molar-refractivity contribution in [1.29, 1.82) is 0 Å². The minimum atomic E-state index is 0.320. The van der Waals surface area contributed by atoms with Crippen molar-refractivity contribution in [2.75, 3.05) is 13.1 Å². The van der Waals surface area contributed by atoms with E-state index < -0.39 is 0 Å². The minimum absolute atomic E-state index is 0.320. The minimum Gasteiger partial charge on any atom is -0.339 e. The fourth-order valence-electron chi connectivity index (χ4n) is 3.66. The summed E-state index contributed by atoms with van der Waals surface area (Å²) in [4.78, 5) is 14.6. The van der Waals surface area contributed by atoms with Gasteiger partial charge in [-0.15, -0.1) is 0 Å². The van der Waals surface area contributed by atoms with Crippen LogP contribution in [-0.2, 0) is 4.79 Å². The topological polar surface area (TPSA) is 46.3 Å². The summed E-state index contributed by atoms with van der Waals surface area (Å²) < 4.78 is 0. The molecule has 3 heteroatoms. The van der Waals surface area contributed by atoms with Crippen LogP contribution in [-0.4, -0.2) is 29.9 Å². The summed E-state index contributed by atoms with van der Waals surface area (Å²) in [6.07, 6.45) is 11.3. The third-order valence-electron chi connectivity index (χ3n) is 4.75. The van der Waals surface area contributed by atoms with E-state index in [1.165, 1.54) is 31.3 Å². The maximum absolute atomic E-state index is 12.5. The molecule has 19 heavy (non-hydrogen) atoms.